The van der Waals surface area contributed by atoms with Gasteiger partial charge in [0.15, 0.2) is 5.69 Å². The normalized spacial score (nSPS) is 16.3. The first kappa shape index (κ1) is 21.4. The third-order valence-electron chi connectivity index (χ3n) is 5.70. The summed E-state index contributed by atoms with van der Waals surface area (Å²) in [6.45, 7) is 13.5. The highest BCUT2D eigenvalue weighted by molar-refractivity contribution is 7.12. The molecule has 162 valence electrons. The van der Waals surface area contributed by atoms with Gasteiger partial charge in [0.1, 0.15) is 0 Å². The fraction of sp³-hybridized carbons (Fsp3) is 0.292. The summed E-state index contributed by atoms with van der Waals surface area (Å²) in [4.78, 5) is 4.55. The number of fused-ring (bicyclic) bond motifs is 1. The molecule has 0 bridgehead atoms. The van der Waals surface area contributed by atoms with Crippen LogP contribution in [-0.4, -0.2) is 21.2 Å². The number of allylic oxidation sites excluding steroid dienone is 1. The number of alkyl halides is 3. The van der Waals surface area contributed by atoms with Crippen LogP contribution in [0.2, 0.25) is 0 Å². The standard InChI is InChI=1S/C24H24F3N3S/c1-5-15(3)29-12-20(19-11-16(4)31-22(19)14-29)17-9-7-8-10-18(17)21-13-30(6-2)28-23(21)24(25,26)27/h5,7-11,13,20H,1,3,6,12,14H2,2,4H3/t20-/m1/s1. The van der Waals surface area contributed by atoms with Gasteiger partial charge in [-0.1, -0.05) is 37.4 Å². The second-order valence-electron chi connectivity index (χ2n) is 7.70. The van der Waals surface area contributed by atoms with Crippen LogP contribution >= 0.6 is 11.3 Å². The monoisotopic (exact) mass is 443 g/mol. The van der Waals surface area contributed by atoms with Gasteiger partial charge in [0.2, 0.25) is 0 Å². The molecule has 0 unspecified atom stereocenters. The second-order valence-corrected chi connectivity index (χ2v) is 9.04. The maximum absolute atomic E-state index is 13.8. The molecule has 1 atom stereocenters. The van der Waals surface area contributed by atoms with E-state index in [0.29, 0.717) is 18.7 Å². The smallest absolute Gasteiger partial charge is 0.366 e. The summed E-state index contributed by atoms with van der Waals surface area (Å²) in [7, 11) is 0. The van der Waals surface area contributed by atoms with Crippen molar-refractivity contribution in [2.75, 3.05) is 6.54 Å². The van der Waals surface area contributed by atoms with Gasteiger partial charge in [0.25, 0.3) is 0 Å². The van der Waals surface area contributed by atoms with Gasteiger partial charge in [0.05, 0.1) is 6.54 Å². The minimum atomic E-state index is -4.53. The highest BCUT2D eigenvalue weighted by Crippen LogP contribution is 2.44. The summed E-state index contributed by atoms with van der Waals surface area (Å²) < 4.78 is 42.8. The summed E-state index contributed by atoms with van der Waals surface area (Å²) in [6, 6.07) is 9.53. The Hall–Kier alpha value is -2.80. The Morgan fingerprint density at radius 2 is 2.00 bits per heavy atom. The number of benzene rings is 1. The lowest BCUT2D eigenvalue weighted by atomic mass is 9.83. The number of rotatable bonds is 5. The summed E-state index contributed by atoms with van der Waals surface area (Å²) >= 11 is 1.72. The van der Waals surface area contributed by atoms with E-state index in [9.17, 15) is 13.2 Å². The Balaban J connectivity index is 1.89. The molecule has 3 heterocycles. The number of nitrogens with zero attached hydrogens (tertiary/aromatic N) is 3. The van der Waals surface area contributed by atoms with Gasteiger partial charge in [-0.2, -0.15) is 18.3 Å². The molecule has 0 amide bonds. The van der Waals surface area contributed by atoms with Gasteiger partial charge in [-0.25, -0.2) is 0 Å². The van der Waals surface area contributed by atoms with Crippen molar-refractivity contribution in [2.45, 2.75) is 39.0 Å². The SMILES string of the molecule is C=CC(=C)N1Cc2sc(C)cc2[C@@H](c2ccccc2-c2cn(CC)nc2C(F)(F)F)C1. The van der Waals surface area contributed by atoms with Gasteiger partial charge < -0.3 is 4.90 Å². The lowest BCUT2D eigenvalue weighted by molar-refractivity contribution is -0.141. The van der Waals surface area contributed by atoms with E-state index in [1.54, 1.807) is 36.5 Å². The first-order chi connectivity index (χ1) is 14.7. The Kier molecular flexibility index (Phi) is 5.56. The van der Waals surface area contributed by atoms with Crippen LogP contribution in [0, 0.1) is 6.92 Å². The first-order valence-electron chi connectivity index (χ1n) is 10.1. The second kappa shape index (κ2) is 8.04. The van der Waals surface area contributed by atoms with Crippen LogP contribution in [0.5, 0.6) is 0 Å². The number of aromatic nitrogens is 2. The summed E-state index contributed by atoms with van der Waals surface area (Å²) in [5.74, 6) is -0.0762. The highest BCUT2D eigenvalue weighted by Gasteiger charge is 2.39. The summed E-state index contributed by atoms with van der Waals surface area (Å²) in [6.07, 6.45) is -1.30. The van der Waals surface area contributed by atoms with Crippen LogP contribution < -0.4 is 0 Å². The number of halogens is 3. The minimum absolute atomic E-state index is 0.0762. The lowest BCUT2D eigenvalue weighted by Gasteiger charge is -2.35. The third kappa shape index (κ3) is 3.94. The lowest BCUT2D eigenvalue weighted by Crippen LogP contribution is -2.32. The molecule has 2 aromatic heterocycles. The molecule has 1 aromatic carbocycles. The van der Waals surface area contributed by atoms with Gasteiger partial charge in [-0.3, -0.25) is 4.68 Å². The zero-order valence-corrected chi connectivity index (χ0v) is 18.4. The van der Waals surface area contributed by atoms with Gasteiger partial charge in [-0.15, -0.1) is 11.3 Å². The Bertz CT molecular complexity index is 1140. The molecule has 7 heteroatoms. The van der Waals surface area contributed by atoms with E-state index >= 15 is 0 Å². The molecule has 0 saturated heterocycles. The predicted octanol–water partition coefficient (Wildman–Crippen LogP) is 6.61. The molecule has 0 N–H and O–H groups in total. The zero-order chi connectivity index (χ0) is 22.3. The van der Waals surface area contributed by atoms with Crippen LogP contribution in [0.4, 0.5) is 13.2 Å². The van der Waals surface area contributed by atoms with Crippen LogP contribution in [0.1, 0.15) is 39.4 Å². The predicted molar refractivity (Wildman–Crippen MR) is 119 cm³/mol. The van der Waals surface area contributed by atoms with E-state index in [1.807, 2.05) is 12.1 Å². The summed E-state index contributed by atoms with van der Waals surface area (Å²) in [5.41, 5.74) is 2.71. The van der Waals surface area contributed by atoms with Crippen molar-refractivity contribution in [1.29, 1.82) is 0 Å². The number of thiophene rings is 1. The molecule has 1 aliphatic rings. The fourth-order valence-corrected chi connectivity index (χ4v) is 5.32. The average Bonchev–Trinajstić information content (AvgIpc) is 3.35. The topological polar surface area (TPSA) is 21.1 Å². The Labute approximate surface area is 184 Å². The molecule has 0 aliphatic carbocycles. The fourth-order valence-electron chi connectivity index (χ4n) is 4.21. The zero-order valence-electron chi connectivity index (χ0n) is 17.5. The van der Waals surface area contributed by atoms with Crippen LogP contribution in [-0.2, 0) is 19.3 Å². The van der Waals surface area contributed by atoms with Crippen molar-refractivity contribution < 1.29 is 13.2 Å². The molecule has 0 radical (unpaired) electrons. The van der Waals surface area contributed by atoms with Crippen LogP contribution in [0.3, 0.4) is 0 Å². The molecule has 3 nitrogen and oxygen atoms in total. The van der Waals surface area contributed by atoms with Gasteiger partial charge in [0, 0.05) is 46.2 Å². The molecular formula is C24H24F3N3S. The van der Waals surface area contributed by atoms with Crippen LogP contribution in [0.25, 0.3) is 11.1 Å². The molecule has 0 saturated carbocycles. The van der Waals surface area contributed by atoms with Crippen molar-refractivity contribution >= 4 is 11.3 Å². The van der Waals surface area contributed by atoms with E-state index in [-0.39, 0.29) is 11.5 Å². The number of hydrogen-bond donors (Lipinski definition) is 0. The van der Waals surface area contributed by atoms with Gasteiger partial charge in [-0.05, 0) is 42.7 Å². The molecule has 3 aromatic rings. The van der Waals surface area contributed by atoms with E-state index in [0.717, 1.165) is 17.8 Å². The molecular weight excluding hydrogens is 419 g/mol. The largest absolute Gasteiger partial charge is 0.435 e. The van der Waals surface area contributed by atoms with Crippen molar-refractivity contribution in [3.63, 3.8) is 0 Å². The maximum atomic E-state index is 13.8. The van der Waals surface area contributed by atoms with E-state index in [2.05, 4.69) is 36.1 Å². The van der Waals surface area contributed by atoms with Crippen molar-refractivity contribution in [2.24, 2.45) is 0 Å². The Morgan fingerprint density at radius 3 is 2.68 bits per heavy atom. The molecule has 0 fully saturated rings. The third-order valence-corrected chi connectivity index (χ3v) is 6.75. The number of hydrogen-bond acceptors (Lipinski definition) is 3. The Morgan fingerprint density at radius 1 is 1.26 bits per heavy atom. The molecule has 1 aliphatic heterocycles. The maximum Gasteiger partial charge on any atom is 0.435 e. The number of aryl methyl sites for hydroxylation is 2. The molecule has 0 spiro atoms. The van der Waals surface area contributed by atoms with Crippen molar-refractivity contribution in [1.82, 2.24) is 14.7 Å². The summed E-state index contributed by atoms with van der Waals surface area (Å²) in [5, 5.41) is 3.82. The molecule has 31 heavy (non-hydrogen) atoms. The minimum Gasteiger partial charge on any atom is -0.366 e. The highest BCUT2D eigenvalue weighted by atomic mass is 32.1. The van der Waals surface area contributed by atoms with Gasteiger partial charge >= 0.3 is 6.18 Å². The van der Waals surface area contributed by atoms with Crippen molar-refractivity contribution in [3.8, 4) is 11.1 Å². The van der Waals surface area contributed by atoms with E-state index in [4.69, 9.17) is 0 Å². The quantitative estimate of drug-likeness (QED) is 0.414. The average molecular weight is 444 g/mol. The van der Waals surface area contributed by atoms with E-state index < -0.39 is 11.9 Å². The first-order valence-corrected chi connectivity index (χ1v) is 10.9. The van der Waals surface area contributed by atoms with Crippen molar-refractivity contribution in [3.05, 3.63) is 88.0 Å². The molecule has 4 rings (SSSR count). The van der Waals surface area contributed by atoms with E-state index in [1.165, 1.54) is 26.2 Å². The van der Waals surface area contributed by atoms with Crippen LogP contribution in [0.15, 0.2) is 61.5 Å².